The summed E-state index contributed by atoms with van der Waals surface area (Å²) in [5.74, 6) is 2.49. The second-order valence-electron chi connectivity index (χ2n) is 8.93. The molecule has 178 valence electrons. The van der Waals surface area contributed by atoms with E-state index in [1.54, 1.807) is 0 Å². The molecule has 0 bridgehead atoms. The maximum absolute atomic E-state index is 7.29. The van der Waals surface area contributed by atoms with Crippen LogP contribution in [0.2, 0.25) is 0 Å². The van der Waals surface area contributed by atoms with Crippen molar-refractivity contribution in [1.29, 1.82) is 0 Å². The Hall–Kier alpha value is -0.742. The molecule has 0 atom stereocenters. The van der Waals surface area contributed by atoms with Crippen molar-refractivity contribution in [3.63, 3.8) is 0 Å². The Kier molecular flexibility index (Phi) is 15.6. The zero-order valence-electron chi connectivity index (χ0n) is 20.7. The third-order valence-corrected chi connectivity index (χ3v) is 5.63. The van der Waals surface area contributed by atoms with Gasteiger partial charge in [-0.2, -0.15) is 24.3 Å². The Bertz CT molecular complexity index is 801. The zero-order chi connectivity index (χ0) is 23.6. The van der Waals surface area contributed by atoms with E-state index in [-0.39, 0.29) is 21.1 Å². The minimum Gasteiger partial charge on any atom is -0.366 e. The predicted octanol–water partition coefficient (Wildman–Crippen LogP) is 3.96. The predicted molar refractivity (Wildman–Crippen MR) is 140 cm³/mol. The molecule has 0 aliphatic rings. The average molecular weight is 728 g/mol. The second kappa shape index (κ2) is 16.0. The molecule has 0 amide bonds. The summed E-state index contributed by atoms with van der Waals surface area (Å²) in [6, 6.07) is 13.6. The van der Waals surface area contributed by atoms with Crippen molar-refractivity contribution in [1.82, 2.24) is 19.6 Å². The van der Waals surface area contributed by atoms with Gasteiger partial charge in [0, 0.05) is 16.7 Å². The maximum atomic E-state index is 7.29. The normalized spacial score (nSPS) is 10.8. The summed E-state index contributed by atoms with van der Waals surface area (Å²) in [6.45, 7) is 3.76. The smallest absolute Gasteiger partial charge is 0.366 e. The molecule has 0 aliphatic carbocycles. The maximum Gasteiger partial charge on any atom is 2.00 e. The first kappa shape index (κ1) is 31.3. The van der Waals surface area contributed by atoms with Crippen LogP contribution in [0.15, 0.2) is 30.3 Å². The van der Waals surface area contributed by atoms with Crippen LogP contribution < -0.4 is 0 Å². The number of benzene rings is 2. The monoisotopic (exact) mass is 727 g/mol. The molecule has 0 unspecified atom stereocenters. The number of hydrogen-bond donors (Lipinski definition) is 0. The van der Waals surface area contributed by atoms with Gasteiger partial charge >= 0.3 is 21.1 Å². The van der Waals surface area contributed by atoms with Gasteiger partial charge in [0.2, 0.25) is 0 Å². The molecular weight excluding hydrogens is 690 g/mol. The molecule has 0 spiro atoms. The number of halogens is 1. The Morgan fingerprint density at radius 2 is 1.09 bits per heavy atom. The number of nitrogens with zero attached hydrogens (tertiary/aromatic N) is 4. The topological polar surface area (TPSA) is 13.0 Å². The minimum atomic E-state index is 0. The first-order chi connectivity index (χ1) is 14.5. The first-order valence-electron chi connectivity index (χ1n) is 10.3. The van der Waals surface area contributed by atoms with Crippen molar-refractivity contribution in [2.45, 2.75) is 26.2 Å². The van der Waals surface area contributed by atoms with Crippen LogP contribution in [-0.2, 0) is 47.2 Å². The van der Waals surface area contributed by atoms with Crippen LogP contribution in [0.25, 0.3) is 0 Å². The molecule has 0 saturated heterocycles. The van der Waals surface area contributed by atoms with Gasteiger partial charge in [-0.05, 0) is 103 Å². The van der Waals surface area contributed by atoms with E-state index in [0.717, 1.165) is 31.7 Å². The summed E-state index contributed by atoms with van der Waals surface area (Å²) in [4.78, 5) is 8.63. The van der Waals surface area contributed by atoms with Gasteiger partial charge in [-0.25, -0.2) is 0 Å². The van der Waals surface area contributed by atoms with Gasteiger partial charge in [-0.3, -0.25) is 5.92 Å². The Balaban J connectivity index is 0.000000592. The van der Waals surface area contributed by atoms with Crippen molar-refractivity contribution in [3.8, 4) is 5.92 Å². The average Bonchev–Trinajstić information content (AvgIpc) is 2.63. The molecule has 2 aromatic carbocycles. The molecule has 0 radical (unpaired) electrons. The largest absolute Gasteiger partial charge is 2.00 e. The Morgan fingerprint density at radius 3 is 1.41 bits per heavy atom. The fourth-order valence-corrected chi connectivity index (χ4v) is 3.88. The number of rotatable bonds is 8. The molecule has 0 N–H and O–H groups in total. The minimum absolute atomic E-state index is 0. The van der Waals surface area contributed by atoms with E-state index in [4.69, 9.17) is 6.42 Å². The van der Waals surface area contributed by atoms with Gasteiger partial charge in [0.25, 0.3) is 0 Å². The van der Waals surface area contributed by atoms with E-state index in [1.807, 2.05) is 12.1 Å². The number of hydrogen-bond acceptors (Lipinski definition) is 4. The van der Waals surface area contributed by atoms with E-state index in [1.165, 1.54) is 25.8 Å². The van der Waals surface area contributed by atoms with Crippen molar-refractivity contribution in [2.24, 2.45) is 0 Å². The molecular formula is C26H37IN4Pt. The van der Waals surface area contributed by atoms with Crippen molar-refractivity contribution in [2.75, 3.05) is 56.4 Å². The van der Waals surface area contributed by atoms with Gasteiger partial charge in [-0.15, -0.1) is 28.8 Å². The zero-order valence-corrected chi connectivity index (χ0v) is 25.1. The van der Waals surface area contributed by atoms with E-state index in [0.29, 0.717) is 0 Å². The molecule has 0 fully saturated rings. The standard InChI is InChI=1S/C14H18IN2.C12H19N2.Pt/c1-6-11-7-12(9-16(2)3)14(15)13(8-11)10-17(4)5;1-13(2)9-11-6-5-7-12(8-11)10-14(3)4;/h7-8H,9-10H2,2-5H3;6-8H,9-10H2,1-4H3;/q2*-1;+2. The van der Waals surface area contributed by atoms with E-state index >= 15 is 0 Å². The van der Waals surface area contributed by atoms with Crippen LogP contribution in [-0.4, -0.2) is 76.0 Å². The van der Waals surface area contributed by atoms with E-state index < -0.39 is 0 Å². The SMILES string of the molecule is CN(C)Cc1c[c-]cc(CN(C)C)c1.[C-]#Cc1cc(CN(C)C)c(I)c(CN(C)C)c1.[Pt+2]. The van der Waals surface area contributed by atoms with Gasteiger partial charge < -0.3 is 26.0 Å². The molecule has 6 heteroatoms. The molecule has 0 aromatic heterocycles. The van der Waals surface area contributed by atoms with Crippen LogP contribution >= 0.6 is 22.6 Å². The first-order valence-corrected chi connectivity index (χ1v) is 11.4. The molecule has 0 saturated carbocycles. The molecule has 2 rings (SSSR count). The summed E-state index contributed by atoms with van der Waals surface area (Å²) in [6.07, 6.45) is 7.29. The summed E-state index contributed by atoms with van der Waals surface area (Å²) in [5, 5.41) is 0. The Labute approximate surface area is 224 Å². The van der Waals surface area contributed by atoms with Gasteiger partial charge in [0.05, 0.1) is 0 Å². The molecule has 32 heavy (non-hydrogen) atoms. The summed E-state index contributed by atoms with van der Waals surface area (Å²) in [7, 11) is 16.6. The summed E-state index contributed by atoms with van der Waals surface area (Å²) in [5.41, 5.74) is 6.05. The molecule has 0 heterocycles. The quantitative estimate of drug-likeness (QED) is 0.232. The van der Waals surface area contributed by atoms with E-state index in [9.17, 15) is 0 Å². The van der Waals surface area contributed by atoms with Crippen LogP contribution in [0.3, 0.4) is 0 Å². The van der Waals surface area contributed by atoms with Crippen LogP contribution in [0.4, 0.5) is 0 Å². The van der Waals surface area contributed by atoms with Gasteiger partial charge in [0.1, 0.15) is 0 Å². The third-order valence-electron chi connectivity index (χ3n) is 4.25. The third kappa shape index (κ3) is 12.5. The molecule has 2 aromatic rings. The summed E-state index contributed by atoms with van der Waals surface area (Å²) < 4.78 is 1.30. The second-order valence-corrected chi connectivity index (χ2v) is 10.0. The van der Waals surface area contributed by atoms with Gasteiger partial charge in [0.15, 0.2) is 0 Å². The van der Waals surface area contributed by atoms with Crippen molar-refractivity contribution in [3.05, 3.63) is 74.2 Å². The van der Waals surface area contributed by atoms with Crippen molar-refractivity contribution >= 4 is 22.6 Å². The van der Waals surface area contributed by atoms with Crippen LogP contribution in [0.1, 0.15) is 27.8 Å². The fraction of sp³-hybridized carbons (Fsp3) is 0.462. The van der Waals surface area contributed by atoms with Crippen LogP contribution in [0.5, 0.6) is 0 Å². The fourth-order valence-electron chi connectivity index (χ4n) is 3.22. The van der Waals surface area contributed by atoms with Crippen molar-refractivity contribution < 1.29 is 21.1 Å². The Morgan fingerprint density at radius 1 is 0.719 bits per heavy atom. The van der Waals surface area contributed by atoms with E-state index in [2.05, 4.69) is 129 Å². The van der Waals surface area contributed by atoms with Crippen LogP contribution in [0, 0.1) is 22.0 Å². The van der Waals surface area contributed by atoms with Gasteiger partial charge in [-0.1, -0.05) is 0 Å². The summed E-state index contributed by atoms with van der Waals surface area (Å²) >= 11 is 2.40. The molecule has 0 aliphatic heterocycles. The molecule has 4 nitrogen and oxygen atoms in total.